The van der Waals surface area contributed by atoms with E-state index in [2.05, 4.69) is 83.2 Å². The molecule has 6 N–H and O–H groups in total. The Kier molecular flexibility index (Phi) is 15.8. The molecule has 61 heavy (non-hydrogen) atoms. The minimum Gasteiger partial charge on any atom is -0.453 e. The minimum absolute atomic E-state index is 0.160. The van der Waals surface area contributed by atoms with Gasteiger partial charge in [-0.1, -0.05) is 110 Å². The second-order valence-corrected chi connectivity index (χ2v) is 17.1. The Morgan fingerprint density at radius 2 is 1.08 bits per heavy atom. The maximum absolute atomic E-state index is 13.5. The zero-order valence-electron chi connectivity index (χ0n) is 36.9. The number of rotatable bonds is 18. The molecule has 0 aliphatic carbocycles. The van der Waals surface area contributed by atoms with Gasteiger partial charge in [0.25, 0.3) is 0 Å². The van der Waals surface area contributed by atoms with Crippen molar-refractivity contribution in [2.24, 2.45) is 23.7 Å². The van der Waals surface area contributed by atoms with Gasteiger partial charge in [0.15, 0.2) is 0 Å². The lowest BCUT2D eigenvalue weighted by Gasteiger charge is -2.25. The summed E-state index contributed by atoms with van der Waals surface area (Å²) in [5.74, 6) is 0.788. The van der Waals surface area contributed by atoms with Crippen LogP contribution in [0.3, 0.4) is 0 Å². The molecule has 2 heterocycles. The van der Waals surface area contributed by atoms with Gasteiger partial charge in [0.2, 0.25) is 11.8 Å². The summed E-state index contributed by atoms with van der Waals surface area (Å²) in [6.07, 6.45) is 1.78. The Balaban J connectivity index is 1.39. The molecule has 0 radical (unpaired) electrons. The number of carbonyl (C=O) groups excluding carboxylic acids is 4. The Labute approximate surface area is 363 Å². The number of benzene rings is 3. The van der Waals surface area contributed by atoms with Gasteiger partial charge in [-0.25, -0.2) is 19.6 Å². The number of alkyl carbamates (subject to hydrolysis) is 2. The summed E-state index contributed by atoms with van der Waals surface area (Å²) in [6.45, 7) is 15.9. The summed E-state index contributed by atoms with van der Waals surface area (Å²) in [4.78, 5) is 67.5. The van der Waals surface area contributed by atoms with Crippen LogP contribution in [0, 0.1) is 23.7 Å². The third-order valence-electron chi connectivity index (χ3n) is 11.4. The number of aromatic nitrogens is 4. The molecule has 0 saturated heterocycles. The van der Waals surface area contributed by atoms with Crippen molar-refractivity contribution in [1.82, 2.24) is 41.2 Å². The molecule has 0 aliphatic rings. The van der Waals surface area contributed by atoms with Crippen molar-refractivity contribution < 1.29 is 28.7 Å². The van der Waals surface area contributed by atoms with Gasteiger partial charge in [-0.3, -0.25) is 9.59 Å². The molecule has 4 amide bonds. The van der Waals surface area contributed by atoms with E-state index in [1.54, 1.807) is 0 Å². The number of H-pyrrole nitrogens is 2. The Morgan fingerprint density at radius 1 is 0.623 bits per heavy atom. The van der Waals surface area contributed by atoms with E-state index in [1.165, 1.54) is 14.2 Å². The fourth-order valence-corrected chi connectivity index (χ4v) is 7.50. The predicted molar refractivity (Wildman–Crippen MR) is 240 cm³/mol. The highest BCUT2D eigenvalue weighted by Crippen LogP contribution is 2.34. The number of imidazole rings is 2. The van der Waals surface area contributed by atoms with Crippen LogP contribution in [-0.4, -0.2) is 70.2 Å². The number of methoxy groups -OCH3 is 2. The van der Waals surface area contributed by atoms with E-state index in [4.69, 9.17) is 31.0 Å². The number of hydrogen-bond donors (Lipinski definition) is 6. The van der Waals surface area contributed by atoms with Crippen LogP contribution in [-0.2, 0) is 19.1 Å². The van der Waals surface area contributed by atoms with Gasteiger partial charge in [0, 0.05) is 5.56 Å². The van der Waals surface area contributed by atoms with Gasteiger partial charge < -0.3 is 40.7 Å². The zero-order valence-corrected chi connectivity index (χ0v) is 37.6. The van der Waals surface area contributed by atoms with Gasteiger partial charge in [0.05, 0.1) is 37.3 Å². The van der Waals surface area contributed by atoms with E-state index < -0.39 is 36.4 Å². The van der Waals surface area contributed by atoms with Crippen molar-refractivity contribution in [2.75, 3.05) is 14.2 Å². The highest BCUT2D eigenvalue weighted by atomic mass is 35.5. The molecule has 15 heteroatoms. The Morgan fingerprint density at radius 3 is 1.57 bits per heavy atom. The second kappa shape index (κ2) is 20.8. The fraction of sp³-hybridized carbons (Fsp3) is 0.478. The molecule has 6 atom stereocenters. The SMILES string of the molecule is CC[C@H](C)C[C@H](NC(=O)[C@@H](NC(=O)OC)C(C)C)c1nc(-c2ccc3cc(-c4ccc5nc([C@H](C[C@@H](C)CC)NC(=O)[C@@H](NC(=O)OC)C(C)C)[nH]c5c4)ccc3c2)c(Cl)[nH]1. The largest absolute Gasteiger partial charge is 0.453 e. The lowest BCUT2D eigenvalue weighted by atomic mass is 9.97. The molecule has 3 aromatic carbocycles. The van der Waals surface area contributed by atoms with Crippen LogP contribution in [0.15, 0.2) is 54.6 Å². The third-order valence-corrected chi connectivity index (χ3v) is 11.7. The van der Waals surface area contributed by atoms with Gasteiger partial charge in [-0.2, -0.15) is 0 Å². The number of amides is 4. The van der Waals surface area contributed by atoms with Crippen molar-refractivity contribution >= 4 is 57.4 Å². The number of hydrogen-bond acceptors (Lipinski definition) is 8. The van der Waals surface area contributed by atoms with Crippen molar-refractivity contribution in [3.8, 4) is 22.4 Å². The molecule has 0 spiro atoms. The summed E-state index contributed by atoms with van der Waals surface area (Å²) >= 11 is 6.81. The molecule has 5 rings (SSSR count). The van der Waals surface area contributed by atoms with Crippen LogP contribution < -0.4 is 21.3 Å². The molecule has 0 unspecified atom stereocenters. The first-order valence-corrected chi connectivity index (χ1v) is 21.5. The number of ether oxygens (including phenoxy) is 2. The van der Waals surface area contributed by atoms with Crippen LogP contribution in [0.1, 0.15) is 105 Å². The number of nitrogens with one attached hydrogen (secondary N) is 6. The molecule has 0 fully saturated rings. The first-order chi connectivity index (χ1) is 29.0. The number of nitrogens with zero attached hydrogens (tertiary/aromatic N) is 2. The molecule has 328 valence electrons. The highest BCUT2D eigenvalue weighted by Gasteiger charge is 2.31. The second-order valence-electron chi connectivity index (χ2n) is 16.8. The maximum Gasteiger partial charge on any atom is 0.407 e. The zero-order chi connectivity index (χ0) is 44.5. The monoisotopic (exact) mass is 856 g/mol. The predicted octanol–water partition coefficient (Wildman–Crippen LogP) is 9.37. The Bertz CT molecular complexity index is 2320. The van der Waals surface area contributed by atoms with E-state index in [0.29, 0.717) is 41.3 Å². The molecule has 5 aromatic rings. The Hall–Kier alpha value is -5.63. The maximum atomic E-state index is 13.5. The lowest BCUT2D eigenvalue weighted by Crippen LogP contribution is -2.50. The lowest BCUT2D eigenvalue weighted by molar-refractivity contribution is -0.125. The van der Waals surface area contributed by atoms with Crippen molar-refractivity contribution in [3.05, 3.63) is 71.4 Å². The average Bonchev–Trinajstić information content (AvgIpc) is 3.86. The molecular weight excluding hydrogens is 796 g/mol. The first-order valence-electron chi connectivity index (χ1n) is 21.1. The summed E-state index contributed by atoms with van der Waals surface area (Å²) < 4.78 is 9.52. The number of halogens is 1. The van der Waals surface area contributed by atoms with Gasteiger partial charge in [-0.05, 0) is 82.7 Å². The fourth-order valence-electron chi connectivity index (χ4n) is 7.25. The first kappa shape index (κ1) is 46.4. The van der Waals surface area contributed by atoms with E-state index in [1.807, 2.05) is 58.0 Å². The van der Waals surface area contributed by atoms with Gasteiger partial charge in [-0.15, -0.1) is 0 Å². The van der Waals surface area contributed by atoms with Gasteiger partial charge in [0.1, 0.15) is 34.6 Å². The van der Waals surface area contributed by atoms with E-state index in [0.717, 1.165) is 51.3 Å². The molecule has 2 aromatic heterocycles. The van der Waals surface area contributed by atoms with Crippen LogP contribution in [0.25, 0.3) is 44.2 Å². The summed E-state index contributed by atoms with van der Waals surface area (Å²) in [7, 11) is 2.54. The normalized spacial score (nSPS) is 14.6. The summed E-state index contributed by atoms with van der Waals surface area (Å²) in [5.41, 5.74) is 5.02. The van der Waals surface area contributed by atoms with Crippen LogP contribution in [0.2, 0.25) is 5.15 Å². The highest BCUT2D eigenvalue weighted by molar-refractivity contribution is 6.32. The molecule has 0 aliphatic heterocycles. The van der Waals surface area contributed by atoms with Gasteiger partial charge >= 0.3 is 12.2 Å². The average molecular weight is 857 g/mol. The standard InChI is InChI=1S/C46H61ClN8O6/c1-11-26(7)19-35(50-43(56)37(24(3)4)53-45(58)60-9)41-48-33-18-17-31(23-34(33)49-41)29-13-14-30-22-32(16-15-28(30)21-29)39-40(47)55-42(52-39)36(20-27(8)12-2)51-44(57)38(25(5)6)54-46(59)61-10/h13-18,21-27,35-38H,11-12,19-20H2,1-10H3,(H,48,49)(H,50,56)(H,51,57)(H,52,55)(H,53,58)(H,54,59)/t26-,27-,35-,36-,37-,38-/m0/s1. The smallest absolute Gasteiger partial charge is 0.407 e. The topological polar surface area (TPSA) is 192 Å². The molecule has 14 nitrogen and oxygen atoms in total. The summed E-state index contributed by atoms with van der Waals surface area (Å²) in [6, 6.07) is 16.0. The van der Waals surface area contributed by atoms with Crippen LogP contribution >= 0.6 is 11.6 Å². The number of carbonyl (C=O) groups is 4. The minimum atomic E-state index is -0.797. The van der Waals surface area contributed by atoms with Crippen molar-refractivity contribution in [1.29, 1.82) is 0 Å². The van der Waals surface area contributed by atoms with Crippen molar-refractivity contribution in [3.63, 3.8) is 0 Å². The number of fused-ring (bicyclic) bond motifs is 2. The van der Waals surface area contributed by atoms with E-state index in [-0.39, 0.29) is 29.6 Å². The van der Waals surface area contributed by atoms with E-state index in [9.17, 15) is 19.2 Å². The quantitative estimate of drug-likeness (QED) is 0.0502. The van der Waals surface area contributed by atoms with Crippen LogP contribution in [0.5, 0.6) is 0 Å². The molecular formula is C46H61ClN8O6. The van der Waals surface area contributed by atoms with Crippen LogP contribution in [0.4, 0.5) is 9.59 Å². The number of aromatic amines is 2. The molecule has 0 saturated carbocycles. The summed E-state index contributed by atoms with van der Waals surface area (Å²) in [5, 5.41) is 13.9. The van der Waals surface area contributed by atoms with Crippen molar-refractivity contribution in [2.45, 2.75) is 105 Å². The molecule has 0 bridgehead atoms. The third kappa shape index (κ3) is 11.6. The van der Waals surface area contributed by atoms with E-state index >= 15 is 0 Å².